The summed E-state index contributed by atoms with van der Waals surface area (Å²) in [6, 6.07) is 5.08. The van der Waals surface area contributed by atoms with Gasteiger partial charge >= 0.3 is 0 Å². The first-order chi connectivity index (χ1) is 9.81. The van der Waals surface area contributed by atoms with Crippen molar-refractivity contribution in [2.24, 2.45) is 11.8 Å². The van der Waals surface area contributed by atoms with Crippen LogP contribution in [0.2, 0.25) is 0 Å². The number of aliphatic hydroxyl groups excluding tert-OH is 1. The number of hydrogen-bond acceptors (Lipinski definition) is 2. The van der Waals surface area contributed by atoms with Gasteiger partial charge < -0.3 is 10.0 Å². The van der Waals surface area contributed by atoms with Gasteiger partial charge in [-0.25, -0.2) is 4.39 Å². The van der Waals surface area contributed by atoms with Crippen molar-refractivity contribution in [1.29, 1.82) is 0 Å². The number of hydrogen-bond donors (Lipinski definition) is 1. The third-order valence-electron chi connectivity index (χ3n) is 3.75. The molecule has 0 fully saturated rings. The molecule has 2 nitrogen and oxygen atoms in total. The van der Waals surface area contributed by atoms with E-state index in [0.717, 1.165) is 25.9 Å². The highest BCUT2D eigenvalue weighted by Gasteiger charge is 2.14. The Morgan fingerprint density at radius 1 is 1.00 bits per heavy atom. The van der Waals surface area contributed by atoms with Crippen molar-refractivity contribution in [1.82, 2.24) is 0 Å². The predicted molar refractivity (Wildman–Crippen MR) is 88.2 cm³/mol. The fourth-order valence-electron chi connectivity index (χ4n) is 2.22. The van der Waals surface area contributed by atoms with Crippen LogP contribution in [0.25, 0.3) is 0 Å². The average Bonchev–Trinajstić information content (AvgIpc) is 2.38. The Morgan fingerprint density at radius 3 is 1.90 bits per heavy atom. The van der Waals surface area contributed by atoms with Crippen molar-refractivity contribution >= 4 is 5.69 Å². The summed E-state index contributed by atoms with van der Waals surface area (Å²) in [6.45, 7) is 12.1. The van der Waals surface area contributed by atoms with Gasteiger partial charge in [-0.05, 0) is 49.3 Å². The van der Waals surface area contributed by atoms with Crippen molar-refractivity contribution in [2.75, 3.05) is 18.0 Å². The lowest BCUT2D eigenvalue weighted by Gasteiger charge is -2.27. The third-order valence-corrected chi connectivity index (χ3v) is 3.75. The maximum absolute atomic E-state index is 14.4. The van der Waals surface area contributed by atoms with E-state index < -0.39 is 6.10 Å². The van der Waals surface area contributed by atoms with Gasteiger partial charge in [0.2, 0.25) is 0 Å². The van der Waals surface area contributed by atoms with Gasteiger partial charge in [0.25, 0.3) is 0 Å². The number of nitrogens with zero attached hydrogens (tertiary/aromatic N) is 1. The van der Waals surface area contributed by atoms with Crippen LogP contribution in [0.1, 0.15) is 59.1 Å². The summed E-state index contributed by atoms with van der Waals surface area (Å²) >= 11 is 0. The van der Waals surface area contributed by atoms with E-state index in [-0.39, 0.29) is 5.82 Å². The van der Waals surface area contributed by atoms with Crippen molar-refractivity contribution in [3.8, 4) is 0 Å². The van der Waals surface area contributed by atoms with Gasteiger partial charge in [0, 0.05) is 13.1 Å². The number of benzene rings is 1. The topological polar surface area (TPSA) is 23.5 Å². The molecule has 0 saturated heterocycles. The first-order valence-corrected chi connectivity index (χ1v) is 8.03. The zero-order valence-corrected chi connectivity index (χ0v) is 14.1. The summed E-state index contributed by atoms with van der Waals surface area (Å²) in [5, 5.41) is 9.55. The van der Waals surface area contributed by atoms with Crippen LogP contribution >= 0.6 is 0 Å². The minimum atomic E-state index is -0.631. The molecule has 1 aromatic rings. The van der Waals surface area contributed by atoms with Gasteiger partial charge in [0.05, 0.1) is 11.8 Å². The average molecular weight is 295 g/mol. The Morgan fingerprint density at radius 2 is 1.52 bits per heavy atom. The molecule has 1 rings (SSSR count). The molecule has 0 aromatic heterocycles. The number of rotatable bonds is 8. The van der Waals surface area contributed by atoms with Crippen LogP contribution in [0.3, 0.4) is 0 Å². The van der Waals surface area contributed by atoms with Gasteiger partial charge in [-0.3, -0.25) is 0 Å². The first kappa shape index (κ1) is 18.0. The summed E-state index contributed by atoms with van der Waals surface area (Å²) < 4.78 is 14.4. The van der Waals surface area contributed by atoms with Crippen molar-refractivity contribution in [3.63, 3.8) is 0 Å². The van der Waals surface area contributed by atoms with E-state index in [2.05, 4.69) is 32.6 Å². The summed E-state index contributed by atoms with van der Waals surface area (Å²) in [5.41, 5.74) is 1.28. The molecule has 0 saturated carbocycles. The van der Waals surface area contributed by atoms with E-state index in [1.165, 1.54) is 6.07 Å². The molecule has 0 spiro atoms. The fraction of sp³-hybridized carbons (Fsp3) is 0.667. The molecule has 0 aliphatic carbocycles. The van der Waals surface area contributed by atoms with Crippen LogP contribution in [0.5, 0.6) is 0 Å². The lowest BCUT2D eigenvalue weighted by Crippen LogP contribution is -2.28. The zero-order chi connectivity index (χ0) is 16.0. The van der Waals surface area contributed by atoms with Gasteiger partial charge in [0.1, 0.15) is 5.82 Å². The summed E-state index contributed by atoms with van der Waals surface area (Å²) in [7, 11) is 0. The van der Waals surface area contributed by atoms with Gasteiger partial charge in [-0.2, -0.15) is 0 Å². The smallest absolute Gasteiger partial charge is 0.146 e. The molecular weight excluding hydrogens is 265 g/mol. The van der Waals surface area contributed by atoms with Crippen LogP contribution in [-0.2, 0) is 0 Å². The van der Waals surface area contributed by atoms with E-state index >= 15 is 0 Å². The molecule has 0 amide bonds. The quantitative estimate of drug-likeness (QED) is 0.746. The van der Waals surface area contributed by atoms with Crippen molar-refractivity contribution < 1.29 is 9.50 Å². The molecule has 0 aliphatic rings. The Bertz CT molecular complexity index is 417. The zero-order valence-electron chi connectivity index (χ0n) is 14.1. The largest absolute Gasteiger partial charge is 0.389 e. The van der Waals surface area contributed by atoms with Gasteiger partial charge in [-0.1, -0.05) is 33.8 Å². The van der Waals surface area contributed by atoms with Crippen molar-refractivity contribution in [3.05, 3.63) is 29.6 Å². The van der Waals surface area contributed by atoms with Crippen LogP contribution in [0.15, 0.2) is 18.2 Å². The molecule has 1 aromatic carbocycles. The second kappa shape index (κ2) is 8.38. The third kappa shape index (κ3) is 6.04. The lowest BCUT2D eigenvalue weighted by molar-refractivity contribution is 0.199. The second-order valence-corrected chi connectivity index (χ2v) is 6.74. The number of aliphatic hydroxyl groups is 1. The van der Waals surface area contributed by atoms with Crippen LogP contribution in [0, 0.1) is 17.7 Å². The van der Waals surface area contributed by atoms with E-state index in [0.29, 0.717) is 23.1 Å². The Kier molecular flexibility index (Phi) is 7.16. The van der Waals surface area contributed by atoms with Gasteiger partial charge in [-0.15, -0.1) is 0 Å². The molecule has 3 heteroatoms. The second-order valence-electron chi connectivity index (χ2n) is 6.74. The molecule has 0 heterocycles. The predicted octanol–water partition coefficient (Wildman–Crippen LogP) is 4.78. The minimum Gasteiger partial charge on any atom is -0.389 e. The Labute approximate surface area is 129 Å². The van der Waals surface area contributed by atoms with E-state index in [4.69, 9.17) is 0 Å². The fourth-order valence-corrected chi connectivity index (χ4v) is 2.22. The van der Waals surface area contributed by atoms with Crippen molar-refractivity contribution in [2.45, 2.75) is 53.6 Å². The first-order valence-electron chi connectivity index (χ1n) is 8.03. The normalized spacial score (nSPS) is 13.0. The molecular formula is C18H30FNO. The summed E-state index contributed by atoms with van der Waals surface area (Å²) in [5.74, 6) is 0.971. The van der Waals surface area contributed by atoms with E-state index in [1.807, 2.05) is 6.07 Å². The maximum atomic E-state index is 14.4. The standard InChI is InChI=1S/C18H30FNO/c1-13(2)8-10-20(11-9-14(3)4)18-7-6-16(15(5)21)12-17(18)19/h6-7,12-15,21H,8-11H2,1-5H3/t15-/m0/s1. The molecule has 0 radical (unpaired) electrons. The number of halogens is 1. The van der Waals surface area contributed by atoms with Crippen LogP contribution in [0.4, 0.5) is 10.1 Å². The SMILES string of the molecule is CC(C)CCN(CCC(C)C)c1ccc([C@H](C)O)cc1F. The summed E-state index contributed by atoms with van der Waals surface area (Å²) in [6.07, 6.45) is 1.47. The van der Waals surface area contributed by atoms with Crippen LogP contribution < -0.4 is 4.90 Å². The number of anilines is 1. The highest BCUT2D eigenvalue weighted by Crippen LogP contribution is 2.25. The molecule has 1 atom stereocenters. The van der Waals surface area contributed by atoms with E-state index in [1.54, 1.807) is 13.0 Å². The monoisotopic (exact) mass is 295 g/mol. The molecule has 0 unspecified atom stereocenters. The molecule has 0 bridgehead atoms. The minimum absolute atomic E-state index is 0.235. The molecule has 1 N–H and O–H groups in total. The highest BCUT2D eigenvalue weighted by molar-refractivity contribution is 5.49. The highest BCUT2D eigenvalue weighted by atomic mass is 19.1. The lowest BCUT2D eigenvalue weighted by atomic mass is 10.1. The molecule has 0 aliphatic heterocycles. The van der Waals surface area contributed by atoms with Crippen LogP contribution in [-0.4, -0.2) is 18.2 Å². The Balaban J connectivity index is 2.90. The molecule has 120 valence electrons. The molecule has 21 heavy (non-hydrogen) atoms. The maximum Gasteiger partial charge on any atom is 0.146 e. The van der Waals surface area contributed by atoms with E-state index in [9.17, 15) is 9.50 Å². The Hall–Kier alpha value is -1.09. The van der Waals surface area contributed by atoms with Gasteiger partial charge in [0.15, 0.2) is 0 Å². The summed E-state index contributed by atoms with van der Waals surface area (Å²) in [4.78, 5) is 2.14.